The van der Waals surface area contributed by atoms with Gasteiger partial charge in [0.15, 0.2) is 11.6 Å². The van der Waals surface area contributed by atoms with Crippen LogP contribution in [0.25, 0.3) is 0 Å². The third kappa shape index (κ3) is 2.50. The molecule has 0 aliphatic rings. The second-order valence-electron chi connectivity index (χ2n) is 4.01. The lowest BCUT2D eigenvalue weighted by Crippen LogP contribution is -2.29. The van der Waals surface area contributed by atoms with E-state index in [1.807, 2.05) is 19.2 Å². The second kappa shape index (κ2) is 4.25. The van der Waals surface area contributed by atoms with Crippen molar-refractivity contribution in [3.63, 3.8) is 0 Å². The number of rotatable bonds is 3. The van der Waals surface area contributed by atoms with Gasteiger partial charge in [-0.3, -0.25) is 0 Å². The first kappa shape index (κ1) is 11.7. The standard InChI is InChI=1S/C10H12FN5S/c1-10(2,8-13-3-4-17-8)16-7-6(11)5-14-9(12)15-7/h3-5H,1-2H3,(H3,12,14,15,16). The zero-order valence-corrected chi connectivity index (χ0v) is 10.3. The lowest BCUT2D eigenvalue weighted by atomic mass is 10.1. The van der Waals surface area contributed by atoms with Crippen molar-refractivity contribution in [1.82, 2.24) is 15.0 Å². The molecule has 2 heterocycles. The molecule has 0 unspecified atom stereocenters. The predicted octanol–water partition coefficient (Wildman–Crippen LogP) is 2.00. The van der Waals surface area contributed by atoms with E-state index in [0.717, 1.165) is 11.2 Å². The summed E-state index contributed by atoms with van der Waals surface area (Å²) < 4.78 is 13.5. The molecule has 0 bridgehead atoms. The first-order valence-corrected chi connectivity index (χ1v) is 5.83. The van der Waals surface area contributed by atoms with E-state index in [2.05, 4.69) is 20.3 Å². The molecular formula is C10H12FN5S. The molecule has 0 aliphatic carbocycles. The van der Waals surface area contributed by atoms with Crippen molar-refractivity contribution in [1.29, 1.82) is 0 Å². The molecule has 3 N–H and O–H groups in total. The van der Waals surface area contributed by atoms with Crippen LogP contribution in [0.2, 0.25) is 0 Å². The van der Waals surface area contributed by atoms with Gasteiger partial charge in [-0.15, -0.1) is 11.3 Å². The van der Waals surface area contributed by atoms with Crippen molar-refractivity contribution in [3.05, 3.63) is 28.6 Å². The fourth-order valence-corrected chi connectivity index (χ4v) is 2.07. The highest BCUT2D eigenvalue weighted by Crippen LogP contribution is 2.27. The van der Waals surface area contributed by atoms with Crippen molar-refractivity contribution in [2.75, 3.05) is 11.1 Å². The number of hydrogen-bond acceptors (Lipinski definition) is 6. The van der Waals surface area contributed by atoms with Crippen molar-refractivity contribution in [3.8, 4) is 0 Å². The van der Waals surface area contributed by atoms with E-state index in [4.69, 9.17) is 5.73 Å². The van der Waals surface area contributed by atoms with Gasteiger partial charge in [0.25, 0.3) is 0 Å². The van der Waals surface area contributed by atoms with Crippen molar-refractivity contribution in [2.45, 2.75) is 19.4 Å². The molecule has 17 heavy (non-hydrogen) atoms. The van der Waals surface area contributed by atoms with Crippen LogP contribution >= 0.6 is 11.3 Å². The molecule has 2 rings (SSSR count). The Kier molecular flexibility index (Phi) is 2.93. The first-order chi connectivity index (χ1) is 7.99. The summed E-state index contributed by atoms with van der Waals surface area (Å²) in [7, 11) is 0. The van der Waals surface area contributed by atoms with Gasteiger partial charge in [-0.2, -0.15) is 4.98 Å². The largest absolute Gasteiger partial charge is 0.368 e. The summed E-state index contributed by atoms with van der Waals surface area (Å²) in [6.07, 6.45) is 2.75. The highest BCUT2D eigenvalue weighted by molar-refractivity contribution is 7.09. The van der Waals surface area contributed by atoms with Crippen LogP contribution in [0, 0.1) is 5.82 Å². The SMILES string of the molecule is CC(C)(Nc1nc(N)ncc1F)c1nccs1. The Morgan fingerprint density at radius 2 is 2.18 bits per heavy atom. The molecule has 0 amide bonds. The molecule has 2 aromatic heterocycles. The molecule has 0 aromatic carbocycles. The molecular weight excluding hydrogens is 241 g/mol. The summed E-state index contributed by atoms with van der Waals surface area (Å²) in [6.45, 7) is 3.78. The van der Waals surface area contributed by atoms with Crippen LogP contribution in [0.1, 0.15) is 18.9 Å². The quantitative estimate of drug-likeness (QED) is 0.875. The molecule has 0 saturated heterocycles. The third-order valence-corrected chi connectivity index (χ3v) is 3.26. The highest BCUT2D eigenvalue weighted by Gasteiger charge is 2.25. The molecule has 0 fully saturated rings. The molecule has 5 nitrogen and oxygen atoms in total. The lowest BCUT2D eigenvalue weighted by Gasteiger charge is -2.24. The Bertz CT molecular complexity index is 511. The maximum Gasteiger partial charge on any atom is 0.222 e. The monoisotopic (exact) mass is 253 g/mol. The number of nitrogens with zero attached hydrogens (tertiary/aromatic N) is 3. The van der Waals surface area contributed by atoms with Gasteiger partial charge < -0.3 is 11.1 Å². The van der Waals surface area contributed by atoms with Crippen LogP contribution in [0.5, 0.6) is 0 Å². The van der Waals surface area contributed by atoms with Gasteiger partial charge in [-0.1, -0.05) is 0 Å². The van der Waals surface area contributed by atoms with Crippen LogP contribution in [0.3, 0.4) is 0 Å². The Morgan fingerprint density at radius 1 is 1.41 bits per heavy atom. The summed E-state index contributed by atoms with van der Waals surface area (Å²) in [5, 5.41) is 5.68. The first-order valence-electron chi connectivity index (χ1n) is 4.95. The van der Waals surface area contributed by atoms with E-state index < -0.39 is 11.4 Å². The number of halogens is 1. The molecule has 0 spiro atoms. The molecule has 7 heteroatoms. The van der Waals surface area contributed by atoms with Gasteiger partial charge in [0.1, 0.15) is 5.01 Å². The van der Waals surface area contributed by atoms with E-state index in [-0.39, 0.29) is 11.8 Å². The van der Waals surface area contributed by atoms with Gasteiger partial charge in [0.2, 0.25) is 5.95 Å². The van der Waals surface area contributed by atoms with Crippen molar-refractivity contribution < 1.29 is 4.39 Å². The number of nitrogen functional groups attached to an aromatic ring is 1. The highest BCUT2D eigenvalue weighted by atomic mass is 32.1. The number of hydrogen-bond donors (Lipinski definition) is 2. The minimum absolute atomic E-state index is 0.0313. The Balaban J connectivity index is 2.29. The zero-order chi connectivity index (χ0) is 12.5. The summed E-state index contributed by atoms with van der Waals surface area (Å²) in [6, 6.07) is 0. The van der Waals surface area contributed by atoms with E-state index in [1.165, 1.54) is 11.3 Å². The fraction of sp³-hybridized carbons (Fsp3) is 0.300. The Hall–Kier alpha value is -1.76. The van der Waals surface area contributed by atoms with E-state index in [0.29, 0.717) is 0 Å². The van der Waals surface area contributed by atoms with Gasteiger partial charge in [0, 0.05) is 11.6 Å². The van der Waals surface area contributed by atoms with E-state index in [1.54, 1.807) is 6.20 Å². The predicted molar refractivity (Wildman–Crippen MR) is 65.2 cm³/mol. The summed E-state index contributed by atoms with van der Waals surface area (Å²) in [5.41, 5.74) is 4.91. The van der Waals surface area contributed by atoms with Crippen LogP contribution in [-0.4, -0.2) is 15.0 Å². The Morgan fingerprint density at radius 3 is 2.82 bits per heavy atom. The third-order valence-electron chi connectivity index (χ3n) is 2.16. The topological polar surface area (TPSA) is 76.7 Å². The molecule has 0 aliphatic heterocycles. The van der Waals surface area contributed by atoms with Crippen LogP contribution in [-0.2, 0) is 5.54 Å². The number of aromatic nitrogens is 3. The number of thiazole rings is 1. The number of nitrogens with two attached hydrogens (primary N) is 1. The van der Waals surface area contributed by atoms with Crippen molar-refractivity contribution >= 4 is 23.1 Å². The maximum absolute atomic E-state index is 13.5. The maximum atomic E-state index is 13.5. The number of nitrogens with one attached hydrogen (secondary N) is 1. The molecule has 0 radical (unpaired) electrons. The smallest absolute Gasteiger partial charge is 0.222 e. The van der Waals surface area contributed by atoms with Gasteiger partial charge in [0.05, 0.1) is 11.7 Å². The van der Waals surface area contributed by atoms with Gasteiger partial charge >= 0.3 is 0 Å². The average molecular weight is 253 g/mol. The Labute approximate surface area is 102 Å². The lowest BCUT2D eigenvalue weighted by molar-refractivity contribution is 0.571. The van der Waals surface area contributed by atoms with Gasteiger partial charge in [-0.05, 0) is 13.8 Å². The summed E-state index contributed by atoms with van der Waals surface area (Å²) in [5.74, 6) is -0.426. The molecule has 0 atom stereocenters. The molecule has 2 aromatic rings. The minimum Gasteiger partial charge on any atom is -0.368 e. The minimum atomic E-state index is -0.538. The summed E-state index contributed by atoms with van der Waals surface area (Å²) in [4.78, 5) is 11.6. The number of anilines is 2. The van der Waals surface area contributed by atoms with E-state index in [9.17, 15) is 4.39 Å². The normalized spacial score (nSPS) is 11.5. The average Bonchev–Trinajstić information content (AvgIpc) is 2.77. The second-order valence-corrected chi connectivity index (χ2v) is 4.91. The molecule has 0 saturated carbocycles. The molecule has 90 valence electrons. The van der Waals surface area contributed by atoms with Crippen LogP contribution < -0.4 is 11.1 Å². The zero-order valence-electron chi connectivity index (χ0n) is 9.44. The summed E-state index contributed by atoms with van der Waals surface area (Å²) >= 11 is 1.49. The van der Waals surface area contributed by atoms with Crippen LogP contribution in [0.4, 0.5) is 16.2 Å². The van der Waals surface area contributed by atoms with Crippen LogP contribution in [0.15, 0.2) is 17.8 Å². The van der Waals surface area contributed by atoms with Gasteiger partial charge in [-0.25, -0.2) is 14.4 Å². The fourth-order valence-electron chi connectivity index (χ4n) is 1.35. The van der Waals surface area contributed by atoms with Crippen molar-refractivity contribution in [2.24, 2.45) is 0 Å². The van der Waals surface area contributed by atoms with E-state index >= 15 is 0 Å².